The summed E-state index contributed by atoms with van der Waals surface area (Å²) in [5, 5.41) is 3.50. The van der Waals surface area contributed by atoms with Crippen LogP contribution in [0.1, 0.15) is 38.2 Å². The molecule has 1 aliphatic heterocycles. The third kappa shape index (κ3) is 4.54. The zero-order chi connectivity index (χ0) is 14.4. The predicted octanol–water partition coefficient (Wildman–Crippen LogP) is 3.94. The van der Waals surface area contributed by atoms with E-state index in [0.29, 0.717) is 6.04 Å². The summed E-state index contributed by atoms with van der Waals surface area (Å²) < 4.78 is 14.8. The molecule has 1 fully saturated rings. The van der Waals surface area contributed by atoms with E-state index in [1.165, 1.54) is 19.3 Å². The molecule has 0 spiro atoms. The molecule has 1 aromatic rings. The third-order valence-electron chi connectivity index (χ3n) is 3.94. The van der Waals surface area contributed by atoms with E-state index in [4.69, 9.17) is 0 Å². The van der Waals surface area contributed by atoms with E-state index in [1.807, 2.05) is 12.1 Å². The first-order valence-electron chi connectivity index (χ1n) is 7.59. The van der Waals surface area contributed by atoms with Gasteiger partial charge in [0.1, 0.15) is 5.82 Å². The van der Waals surface area contributed by atoms with E-state index >= 15 is 0 Å². The van der Waals surface area contributed by atoms with Gasteiger partial charge in [-0.3, -0.25) is 4.90 Å². The maximum Gasteiger partial charge on any atom is 0.128 e. The molecule has 112 valence electrons. The molecule has 1 saturated heterocycles. The van der Waals surface area contributed by atoms with Gasteiger partial charge in [-0.1, -0.05) is 35.3 Å². The molecule has 0 aliphatic carbocycles. The molecule has 0 radical (unpaired) electrons. The van der Waals surface area contributed by atoms with E-state index in [2.05, 4.69) is 33.1 Å². The zero-order valence-corrected chi connectivity index (χ0v) is 13.8. The lowest BCUT2D eigenvalue weighted by Crippen LogP contribution is -2.45. The van der Waals surface area contributed by atoms with E-state index in [1.54, 1.807) is 6.07 Å². The van der Waals surface area contributed by atoms with Crippen molar-refractivity contribution < 1.29 is 4.39 Å². The molecule has 1 aromatic carbocycles. The van der Waals surface area contributed by atoms with Gasteiger partial charge in [-0.2, -0.15) is 0 Å². The average Bonchev–Trinajstić information content (AvgIpc) is 2.44. The van der Waals surface area contributed by atoms with Crippen LogP contribution in [0.3, 0.4) is 0 Å². The number of hydrogen-bond donors (Lipinski definition) is 1. The van der Waals surface area contributed by atoms with Crippen molar-refractivity contribution in [3.05, 3.63) is 34.1 Å². The summed E-state index contributed by atoms with van der Waals surface area (Å²) in [6, 6.07) is 5.92. The fourth-order valence-corrected chi connectivity index (χ4v) is 3.15. The molecule has 4 heteroatoms. The van der Waals surface area contributed by atoms with Crippen LogP contribution in [0.15, 0.2) is 22.7 Å². The van der Waals surface area contributed by atoms with Crippen LogP contribution < -0.4 is 5.32 Å². The molecule has 1 unspecified atom stereocenters. The van der Waals surface area contributed by atoms with Gasteiger partial charge in [0, 0.05) is 29.2 Å². The topological polar surface area (TPSA) is 15.3 Å². The molecule has 1 aliphatic rings. The van der Waals surface area contributed by atoms with Crippen molar-refractivity contribution in [1.29, 1.82) is 0 Å². The van der Waals surface area contributed by atoms with Crippen molar-refractivity contribution in [2.75, 3.05) is 19.6 Å². The number of benzene rings is 1. The Bertz CT molecular complexity index is 425. The molecular weight excluding hydrogens is 319 g/mol. The first-order valence-corrected chi connectivity index (χ1v) is 8.38. The van der Waals surface area contributed by atoms with Crippen molar-refractivity contribution in [2.45, 2.75) is 45.2 Å². The third-order valence-corrected chi connectivity index (χ3v) is 4.44. The van der Waals surface area contributed by atoms with Crippen molar-refractivity contribution >= 4 is 15.9 Å². The molecule has 0 saturated carbocycles. The van der Waals surface area contributed by atoms with Crippen LogP contribution in [0, 0.1) is 5.82 Å². The maximum absolute atomic E-state index is 14.0. The van der Waals surface area contributed by atoms with Crippen LogP contribution in [0.5, 0.6) is 0 Å². The van der Waals surface area contributed by atoms with Crippen molar-refractivity contribution in [1.82, 2.24) is 10.2 Å². The minimum absolute atomic E-state index is 0.106. The largest absolute Gasteiger partial charge is 0.315 e. The predicted molar refractivity (Wildman–Crippen MR) is 85.3 cm³/mol. The Hall–Kier alpha value is -0.450. The lowest BCUT2D eigenvalue weighted by molar-refractivity contribution is 0.136. The minimum atomic E-state index is -0.106. The van der Waals surface area contributed by atoms with Crippen LogP contribution in [-0.4, -0.2) is 30.6 Å². The number of likely N-dealkylation sites (tertiary alicyclic amines) is 1. The van der Waals surface area contributed by atoms with Gasteiger partial charge in [0.15, 0.2) is 0 Å². The number of nitrogens with one attached hydrogen (secondary N) is 1. The van der Waals surface area contributed by atoms with E-state index < -0.39 is 0 Å². The quantitative estimate of drug-likeness (QED) is 0.787. The summed E-state index contributed by atoms with van der Waals surface area (Å²) in [6.45, 7) is 6.07. The molecule has 0 bridgehead atoms. The Labute approximate surface area is 129 Å². The minimum Gasteiger partial charge on any atom is -0.315 e. The number of piperidine rings is 1. The molecule has 2 rings (SSSR count). The van der Waals surface area contributed by atoms with Gasteiger partial charge in [-0.25, -0.2) is 4.39 Å². The first kappa shape index (κ1) is 15.9. The van der Waals surface area contributed by atoms with Crippen molar-refractivity contribution in [3.63, 3.8) is 0 Å². The number of halogens is 2. The number of nitrogens with zero attached hydrogens (tertiary/aromatic N) is 1. The molecule has 1 atom stereocenters. The molecule has 2 nitrogen and oxygen atoms in total. The second-order valence-electron chi connectivity index (χ2n) is 5.56. The van der Waals surface area contributed by atoms with Gasteiger partial charge in [0.05, 0.1) is 0 Å². The zero-order valence-electron chi connectivity index (χ0n) is 12.2. The Kier molecular flexibility index (Phi) is 6.46. The van der Waals surface area contributed by atoms with Gasteiger partial charge < -0.3 is 5.32 Å². The van der Waals surface area contributed by atoms with Crippen LogP contribution >= 0.6 is 15.9 Å². The Morgan fingerprint density at radius 1 is 1.40 bits per heavy atom. The molecule has 0 amide bonds. The summed E-state index contributed by atoms with van der Waals surface area (Å²) in [5.41, 5.74) is 0.801. The second kappa shape index (κ2) is 8.11. The summed E-state index contributed by atoms with van der Waals surface area (Å²) in [7, 11) is 0. The summed E-state index contributed by atoms with van der Waals surface area (Å²) in [4.78, 5) is 2.43. The monoisotopic (exact) mass is 342 g/mol. The molecule has 1 heterocycles. The highest BCUT2D eigenvalue weighted by Gasteiger charge is 2.22. The second-order valence-corrected chi connectivity index (χ2v) is 6.48. The highest BCUT2D eigenvalue weighted by molar-refractivity contribution is 9.10. The molecule has 1 N–H and O–H groups in total. The lowest BCUT2D eigenvalue weighted by atomic mass is 10.0. The van der Waals surface area contributed by atoms with Crippen molar-refractivity contribution in [3.8, 4) is 0 Å². The maximum atomic E-state index is 14.0. The Balaban J connectivity index is 1.97. The standard InChI is InChI=1S/C16H24BrFN2/c1-2-8-19-11-15-5-3-4-9-20(15)12-13-6-7-14(17)10-16(13)18/h6-7,10,15,19H,2-5,8-9,11-12H2,1H3. The van der Waals surface area contributed by atoms with Crippen molar-refractivity contribution in [2.24, 2.45) is 0 Å². The first-order chi connectivity index (χ1) is 9.70. The van der Waals surface area contributed by atoms with Gasteiger partial charge in [-0.05, 0) is 44.5 Å². The van der Waals surface area contributed by atoms with Gasteiger partial charge in [0.2, 0.25) is 0 Å². The lowest BCUT2D eigenvalue weighted by Gasteiger charge is -2.36. The normalized spacial score (nSPS) is 20.2. The molecule has 20 heavy (non-hydrogen) atoms. The number of hydrogen-bond acceptors (Lipinski definition) is 2. The van der Waals surface area contributed by atoms with Gasteiger partial charge in [0.25, 0.3) is 0 Å². The highest BCUT2D eigenvalue weighted by atomic mass is 79.9. The summed E-state index contributed by atoms with van der Waals surface area (Å²) in [6.07, 6.45) is 4.89. The van der Waals surface area contributed by atoms with Crippen LogP contribution in [0.25, 0.3) is 0 Å². The molecular formula is C16H24BrFN2. The van der Waals surface area contributed by atoms with Gasteiger partial charge in [-0.15, -0.1) is 0 Å². The summed E-state index contributed by atoms with van der Waals surface area (Å²) in [5.74, 6) is -0.106. The van der Waals surface area contributed by atoms with E-state index in [0.717, 1.165) is 42.6 Å². The van der Waals surface area contributed by atoms with Gasteiger partial charge >= 0.3 is 0 Å². The fourth-order valence-electron chi connectivity index (χ4n) is 2.81. The van der Waals surface area contributed by atoms with E-state index in [-0.39, 0.29) is 5.82 Å². The average molecular weight is 343 g/mol. The molecule has 0 aromatic heterocycles. The van der Waals surface area contributed by atoms with Crippen LogP contribution in [0.2, 0.25) is 0 Å². The SMILES string of the molecule is CCCNCC1CCCCN1Cc1ccc(Br)cc1F. The highest BCUT2D eigenvalue weighted by Crippen LogP contribution is 2.22. The van der Waals surface area contributed by atoms with E-state index in [9.17, 15) is 4.39 Å². The van der Waals surface area contributed by atoms with Crippen LogP contribution in [0.4, 0.5) is 4.39 Å². The summed E-state index contributed by atoms with van der Waals surface area (Å²) >= 11 is 3.31. The van der Waals surface area contributed by atoms with Crippen LogP contribution in [-0.2, 0) is 6.54 Å². The Morgan fingerprint density at radius 3 is 3.00 bits per heavy atom. The Morgan fingerprint density at radius 2 is 2.25 bits per heavy atom. The smallest absolute Gasteiger partial charge is 0.128 e. The number of rotatable bonds is 6. The fraction of sp³-hybridized carbons (Fsp3) is 0.625.